The van der Waals surface area contributed by atoms with Crippen molar-refractivity contribution in [2.24, 2.45) is 23.2 Å². The van der Waals surface area contributed by atoms with Gasteiger partial charge in [0.2, 0.25) is 11.8 Å². The second-order valence-electron chi connectivity index (χ2n) is 7.53. The number of nitrogens with zero attached hydrogens (tertiary/aromatic N) is 1. The van der Waals surface area contributed by atoms with E-state index in [-0.39, 0.29) is 23.2 Å². The summed E-state index contributed by atoms with van der Waals surface area (Å²) in [5.41, 5.74) is 0.00483. The van der Waals surface area contributed by atoms with E-state index in [2.05, 4.69) is 26.1 Å². The summed E-state index contributed by atoms with van der Waals surface area (Å²) in [4.78, 5) is 38.0. The van der Waals surface area contributed by atoms with Gasteiger partial charge in [-0.15, -0.1) is 0 Å². The molecule has 2 unspecified atom stereocenters. The van der Waals surface area contributed by atoms with Gasteiger partial charge in [-0.2, -0.15) is 0 Å². The number of barbiturate groups is 1. The molecule has 2 atom stereocenters. The third-order valence-electron chi connectivity index (χ3n) is 5.10. The molecule has 2 aliphatic rings. The third-order valence-corrected chi connectivity index (χ3v) is 5.10. The monoisotopic (exact) mass is 294 g/mol. The van der Waals surface area contributed by atoms with Crippen molar-refractivity contribution in [1.29, 1.82) is 0 Å². The van der Waals surface area contributed by atoms with E-state index in [0.29, 0.717) is 6.54 Å². The summed E-state index contributed by atoms with van der Waals surface area (Å²) in [6.45, 7) is 8.66. The van der Waals surface area contributed by atoms with Gasteiger partial charge >= 0.3 is 6.03 Å². The number of imide groups is 2. The summed E-state index contributed by atoms with van der Waals surface area (Å²) in [5, 5.41) is 2.37. The quantitative estimate of drug-likeness (QED) is 0.813. The molecule has 21 heavy (non-hydrogen) atoms. The number of hydrogen-bond acceptors (Lipinski definition) is 3. The zero-order valence-electron chi connectivity index (χ0n) is 13.4. The van der Waals surface area contributed by atoms with Crippen molar-refractivity contribution in [2.45, 2.75) is 53.4 Å². The van der Waals surface area contributed by atoms with Crippen molar-refractivity contribution < 1.29 is 14.4 Å². The molecule has 0 bridgehead atoms. The Labute approximate surface area is 126 Å². The molecular formula is C16H26N2O3. The molecule has 0 aromatic heterocycles. The molecule has 5 nitrogen and oxygen atoms in total. The molecule has 4 amide bonds. The van der Waals surface area contributed by atoms with E-state index in [4.69, 9.17) is 0 Å². The van der Waals surface area contributed by atoms with Gasteiger partial charge in [-0.3, -0.25) is 19.8 Å². The summed E-state index contributed by atoms with van der Waals surface area (Å²) in [5.74, 6) is -1.11. The van der Waals surface area contributed by atoms with Gasteiger partial charge < -0.3 is 0 Å². The lowest BCUT2D eigenvalue weighted by molar-refractivity contribution is -0.145. The molecule has 0 spiro atoms. The first-order chi connectivity index (χ1) is 9.71. The van der Waals surface area contributed by atoms with Crippen LogP contribution in [0, 0.1) is 23.2 Å². The molecule has 0 aromatic carbocycles. The van der Waals surface area contributed by atoms with E-state index >= 15 is 0 Å². The minimum absolute atomic E-state index is 0.00483. The third kappa shape index (κ3) is 3.27. The molecule has 1 saturated heterocycles. The van der Waals surface area contributed by atoms with Crippen LogP contribution in [-0.2, 0) is 9.59 Å². The maximum Gasteiger partial charge on any atom is 0.330 e. The number of carbonyl (C=O) groups excluding carboxylic acids is 3. The van der Waals surface area contributed by atoms with Crippen LogP contribution in [0.3, 0.4) is 0 Å². The largest absolute Gasteiger partial charge is 0.330 e. The van der Waals surface area contributed by atoms with E-state index in [1.165, 1.54) is 4.90 Å². The highest BCUT2D eigenvalue weighted by Gasteiger charge is 2.45. The van der Waals surface area contributed by atoms with Gasteiger partial charge in [0.1, 0.15) is 5.92 Å². The van der Waals surface area contributed by atoms with Gasteiger partial charge in [-0.05, 0) is 30.1 Å². The predicted molar refractivity (Wildman–Crippen MR) is 79.3 cm³/mol. The number of hydrogen-bond donors (Lipinski definition) is 1. The maximum atomic E-state index is 12.6. The van der Waals surface area contributed by atoms with E-state index in [1.807, 2.05) is 6.92 Å². The zero-order valence-corrected chi connectivity index (χ0v) is 13.4. The lowest BCUT2D eigenvalue weighted by Gasteiger charge is -2.37. The molecule has 1 heterocycles. The Kier molecular flexibility index (Phi) is 4.40. The number of carbonyl (C=O) groups is 3. The van der Waals surface area contributed by atoms with Gasteiger partial charge in [-0.25, -0.2) is 4.79 Å². The molecule has 1 N–H and O–H groups in total. The van der Waals surface area contributed by atoms with Crippen molar-refractivity contribution in [3.8, 4) is 0 Å². The van der Waals surface area contributed by atoms with Crippen molar-refractivity contribution in [2.75, 3.05) is 6.54 Å². The number of nitrogens with one attached hydrogen (secondary N) is 1. The summed E-state index contributed by atoms with van der Waals surface area (Å²) >= 11 is 0. The second kappa shape index (κ2) is 5.78. The van der Waals surface area contributed by atoms with Gasteiger partial charge in [0.15, 0.2) is 0 Å². The average Bonchev–Trinajstić information content (AvgIpc) is 2.86. The van der Waals surface area contributed by atoms with Crippen molar-refractivity contribution in [3.63, 3.8) is 0 Å². The highest BCUT2D eigenvalue weighted by Crippen LogP contribution is 2.35. The van der Waals surface area contributed by atoms with Crippen molar-refractivity contribution in [1.82, 2.24) is 10.2 Å². The number of rotatable bonds is 3. The van der Waals surface area contributed by atoms with Gasteiger partial charge in [0.05, 0.1) is 0 Å². The van der Waals surface area contributed by atoms with Crippen LogP contribution >= 0.6 is 0 Å². The van der Waals surface area contributed by atoms with E-state index in [0.717, 1.165) is 25.7 Å². The SMILES string of the molecule is CC(CN1C(=O)NC(=O)C(C2CCCC2)C1=O)C(C)(C)C. The Morgan fingerprint density at radius 2 is 1.76 bits per heavy atom. The Bertz CT molecular complexity index is 447. The van der Waals surface area contributed by atoms with E-state index in [1.54, 1.807) is 0 Å². The fourth-order valence-corrected chi connectivity index (χ4v) is 3.06. The molecule has 2 fully saturated rings. The van der Waals surface area contributed by atoms with Crippen LogP contribution in [0.5, 0.6) is 0 Å². The standard InChI is InChI=1S/C16H26N2O3/c1-10(16(2,3)4)9-18-14(20)12(11-7-5-6-8-11)13(19)17-15(18)21/h10-12H,5-9H2,1-4H3,(H,17,19,21). The normalized spacial score (nSPS) is 26.2. The highest BCUT2D eigenvalue weighted by molar-refractivity contribution is 6.16. The molecule has 5 heteroatoms. The summed E-state index contributed by atoms with van der Waals surface area (Å²) < 4.78 is 0. The molecule has 1 aliphatic carbocycles. The molecule has 0 aromatic rings. The smallest absolute Gasteiger partial charge is 0.277 e. The molecule has 2 rings (SSSR count). The Morgan fingerprint density at radius 3 is 2.29 bits per heavy atom. The van der Waals surface area contributed by atoms with Crippen molar-refractivity contribution >= 4 is 17.8 Å². The van der Waals surface area contributed by atoms with Gasteiger partial charge in [-0.1, -0.05) is 40.5 Å². The average molecular weight is 294 g/mol. The van der Waals surface area contributed by atoms with Crippen LogP contribution < -0.4 is 5.32 Å². The summed E-state index contributed by atoms with van der Waals surface area (Å²) in [6.07, 6.45) is 3.93. The summed E-state index contributed by atoms with van der Waals surface area (Å²) in [6, 6.07) is -0.560. The van der Waals surface area contributed by atoms with Crippen molar-refractivity contribution in [3.05, 3.63) is 0 Å². The first-order valence-corrected chi connectivity index (χ1v) is 7.88. The Hall–Kier alpha value is -1.39. The van der Waals surface area contributed by atoms with Crippen LogP contribution in [0.25, 0.3) is 0 Å². The fourth-order valence-electron chi connectivity index (χ4n) is 3.06. The summed E-state index contributed by atoms with van der Waals surface area (Å²) in [7, 11) is 0. The zero-order chi connectivity index (χ0) is 15.8. The van der Waals surface area contributed by atoms with Crippen LogP contribution in [0.2, 0.25) is 0 Å². The fraction of sp³-hybridized carbons (Fsp3) is 0.812. The van der Waals surface area contributed by atoms with Gasteiger partial charge in [0, 0.05) is 6.54 Å². The minimum atomic E-state index is -0.669. The van der Waals surface area contributed by atoms with Gasteiger partial charge in [0.25, 0.3) is 0 Å². The van der Waals surface area contributed by atoms with Crippen LogP contribution in [0.4, 0.5) is 4.79 Å². The number of urea groups is 1. The lowest BCUT2D eigenvalue weighted by Crippen LogP contribution is -2.60. The second-order valence-corrected chi connectivity index (χ2v) is 7.53. The Balaban J connectivity index is 2.15. The topological polar surface area (TPSA) is 66.5 Å². The minimum Gasteiger partial charge on any atom is -0.277 e. The molecular weight excluding hydrogens is 268 g/mol. The maximum absolute atomic E-state index is 12.6. The van der Waals surface area contributed by atoms with Crippen LogP contribution in [-0.4, -0.2) is 29.3 Å². The number of amides is 4. The molecule has 0 radical (unpaired) electrons. The predicted octanol–water partition coefficient (Wildman–Crippen LogP) is 2.55. The molecule has 1 aliphatic heterocycles. The lowest BCUT2D eigenvalue weighted by atomic mass is 9.81. The molecule has 118 valence electrons. The first-order valence-electron chi connectivity index (χ1n) is 7.88. The first kappa shape index (κ1) is 16.0. The highest BCUT2D eigenvalue weighted by atomic mass is 16.2. The molecule has 1 saturated carbocycles. The van der Waals surface area contributed by atoms with E-state index in [9.17, 15) is 14.4 Å². The van der Waals surface area contributed by atoms with E-state index < -0.39 is 17.9 Å². The Morgan fingerprint density at radius 1 is 1.19 bits per heavy atom. The van der Waals surface area contributed by atoms with Crippen LogP contribution in [0.15, 0.2) is 0 Å². The van der Waals surface area contributed by atoms with Crippen LogP contribution in [0.1, 0.15) is 53.4 Å².